The second-order valence-electron chi connectivity index (χ2n) is 5.83. The Morgan fingerprint density at radius 2 is 2.14 bits per heavy atom. The quantitative estimate of drug-likeness (QED) is 0.873. The number of hydrogen-bond acceptors (Lipinski definition) is 3. The Kier molecular flexibility index (Phi) is 5.38. The number of carbonyl (C=O) groups is 1. The summed E-state index contributed by atoms with van der Waals surface area (Å²) in [6.45, 7) is 4.61. The number of hydrogen-bond donors (Lipinski definition) is 1. The Balaban J connectivity index is 1.88. The summed E-state index contributed by atoms with van der Waals surface area (Å²) >= 11 is 0. The fourth-order valence-corrected chi connectivity index (χ4v) is 3.08. The van der Waals surface area contributed by atoms with E-state index in [4.69, 9.17) is 5.26 Å². The summed E-state index contributed by atoms with van der Waals surface area (Å²) in [6, 6.07) is 2.52. The molecule has 2 rings (SSSR count). The number of rotatable bonds is 6. The molecule has 1 aromatic rings. The largest absolute Gasteiger partial charge is 0.353 e. The van der Waals surface area contributed by atoms with Gasteiger partial charge in [-0.3, -0.25) is 9.48 Å². The van der Waals surface area contributed by atoms with Crippen molar-refractivity contribution in [2.45, 2.75) is 71.4 Å². The van der Waals surface area contributed by atoms with Crippen LogP contribution in [0.3, 0.4) is 0 Å². The number of nitrogens with one attached hydrogen (secondary N) is 1. The lowest BCUT2D eigenvalue weighted by atomic mass is 10.1. The van der Waals surface area contributed by atoms with Gasteiger partial charge >= 0.3 is 0 Å². The predicted octanol–water partition coefficient (Wildman–Crippen LogP) is 2.41. The van der Waals surface area contributed by atoms with Crippen LogP contribution in [0.2, 0.25) is 0 Å². The number of amides is 1. The first kappa shape index (κ1) is 15.6. The molecule has 1 heterocycles. The fourth-order valence-electron chi connectivity index (χ4n) is 3.08. The maximum atomic E-state index is 12.0. The molecule has 21 heavy (non-hydrogen) atoms. The van der Waals surface area contributed by atoms with Crippen molar-refractivity contribution in [2.75, 3.05) is 0 Å². The van der Waals surface area contributed by atoms with E-state index in [1.165, 1.54) is 12.8 Å². The second kappa shape index (κ2) is 7.26. The predicted molar refractivity (Wildman–Crippen MR) is 80.7 cm³/mol. The summed E-state index contributed by atoms with van der Waals surface area (Å²) in [5.41, 5.74) is 3.20. The van der Waals surface area contributed by atoms with Gasteiger partial charge in [0.2, 0.25) is 5.91 Å². The molecule has 0 radical (unpaired) electrons. The third kappa shape index (κ3) is 4.07. The van der Waals surface area contributed by atoms with Gasteiger partial charge < -0.3 is 5.32 Å². The van der Waals surface area contributed by atoms with Crippen molar-refractivity contribution < 1.29 is 4.79 Å². The van der Waals surface area contributed by atoms with Gasteiger partial charge in [0.15, 0.2) is 0 Å². The van der Waals surface area contributed by atoms with E-state index in [0.29, 0.717) is 25.4 Å². The van der Waals surface area contributed by atoms with Gasteiger partial charge in [-0.25, -0.2) is 0 Å². The Labute approximate surface area is 126 Å². The van der Waals surface area contributed by atoms with Crippen LogP contribution in [0.5, 0.6) is 0 Å². The highest BCUT2D eigenvalue weighted by Gasteiger charge is 2.18. The molecule has 1 aliphatic rings. The molecule has 0 unspecified atom stereocenters. The minimum Gasteiger partial charge on any atom is -0.353 e. The van der Waals surface area contributed by atoms with Crippen molar-refractivity contribution >= 4 is 5.91 Å². The molecule has 1 aliphatic carbocycles. The number of aromatic nitrogens is 2. The zero-order valence-electron chi connectivity index (χ0n) is 13.0. The highest BCUT2D eigenvalue weighted by Crippen LogP contribution is 2.19. The molecule has 0 spiro atoms. The fraction of sp³-hybridized carbons (Fsp3) is 0.688. The molecule has 1 fully saturated rings. The highest BCUT2D eigenvalue weighted by atomic mass is 16.1. The van der Waals surface area contributed by atoms with Gasteiger partial charge in [0.05, 0.1) is 24.7 Å². The maximum absolute atomic E-state index is 12.0. The first-order chi connectivity index (χ1) is 10.1. The molecule has 1 amide bonds. The van der Waals surface area contributed by atoms with Gasteiger partial charge in [0, 0.05) is 18.2 Å². The molecule has 0 bridgehead atoms. The Hall–Kier alpha value is -1.83. The number of carbonyl (C=O) groups excluding carboxylic acids is 1. The highest BCUT2D eigenvalue weighted by molar-refractivity contribution is 5.76. The molecule has 0 aromatic carbocycles. The summed E-state index contributed by atoms with van der Waals surface area (Å²) in [6.07, 6.45) is 6.41. The molecule has 0 saturated heterocycles. The summed E-state index contributed by atoms with van der Waals surface area (Å²) < 4.78 is 1.88. The molecule has 0 atom stereocenters. The van der Waals surface area contributed by atoms with Gasteiger partial charge in [0.1, 0.15) is 0 Å². The lowest BCUT2D eigenvalue weighted by Gasteiger charge is -2.11. The second-order valence-corrected chi connectivity index (χ2v) is 5.83. The van der Waals surface area contributed by atoms with E-state index in [-0.39, 0.29) is 5.91 Å². The minimum absolute atomic E-state index is 0.144. The van der Waals surface area contributed by atoms with E-state index in [9.17, 15) is 4.79 Å². The first-order valence-corrected chi connectivity index (χ1v) is 7.81. The Morgan fingerprint density at radius 1 is 1.43 bits per heavy atom. The van der Waals surface area contributed by atoms with Gasteiger partial charge in [-0.2, -0.15) is 10.4 Å². The lowest BCUT2D eigenvalue weighted by Crippen LogP contribution is -2.32. The van der Waals surface area contributed by atoms with Gasteiger partial charge in [-0.15, -0.1) is 0 Å². The van der Waals surface area contributed by atoms with Crippen molar-refractivity contribution in [3.63, 3.8) is 0 Å². The van der Waals surface area contributed by atoms with Crippen LogP contribution in [0.25, 0.3) is 0 Å². The van der Waals surface area contributed by atoms with E-state index >= 15 is 0 Å². The minimum atomic E-state index is 0.144. The molecule has 1 saturated carbocycles. The molecular weight excluding hydrogens is 264 g/mol. The molecular formula is C16H24N4O. The van der Waals surface area contributed by atoms with Crippen LogP contribution in [-0.2, 0) is 17.8 Å². The summed E-state index contributed by atoms with van der Waals surface area (Å²) in [5, 5.41) is 16.2. The van der Waals surface area contributed by atoms with Crippen LogP contribution in [-0.4, -0.2) is 21.7 Å². The van der Waals surface area contributed by atoms with Crippen LogP contribution in [0.1, 0.15) is 55.5 Å². The summed E-state index contributed by atoms with van der Waals surface area (Å²) in [5.74, 6) is 0.144. The van der Waals surface area contributed by atoms with Gasteiger partial charge in [-0.1, -0.05) is 12.8 Å². The number of aryl methyl sites for hydroxylation is 2. The van der Waals surface area contributed by atoms with Crippen molar-refractivity contribution in [3.8, 4) is 6.07 Å². The third-order valence-electron chi connectivity index (χ3n) is 4.29. The molecule has 5 heteroatoms. The average molecular weight is 288 g/mol. The van der Waals surface area contributed by atoms with E-state index in [0.717, 1.165) is 36.2 Å². The van der Waals surface area contributed by atoms with Crippen LogP contribution in [0.15, 0.2) is 0 Å². The first-order valence-electron chi connectivity index (χ1n) is 7.81. The third-order valence-corrected chi connectivity index (χ3v) is 4.29. The van der Waals surface area contributed by atoms with Crippen LogP contribution >= 0.6 is 0 Å². The molecule has 114 valence electrons. The zero-order valence-corrected chi connectivity index (χ0v) is 13.0. The Morgan fingerprint density at radius 3 is 2.81 bits per heavy atom. The van der Waals surface area contributed by atoms with Crippen molar-refractivity contribution in [3.05, 3.63) is 17.0 Å². The molecule has 1 aromatic heterocycles. The van der Waals surface area contributed by atoms with E-state index in [2.05, 4.69) is 16.5 Å². The smallest absolute Gasteiger partial charge is 0.220 e. The van der Waals surface area contributed by atoms with E-state index in [1.54, 1.807) is 0 Å². The summed E-state index contributed by atoms with van der Waals surface area (Å²) in [7, 11) is 0. The van der Waals surface area contributed by atoms with E-state index < -0.39 is 0 Å². The van der Waals surface area contributed by atoms with Gasteiger partial charge in [0.25, 0.3) is 0 Å². The Bertz CT molecular complexity index is 535. The number of nitriles is 1. The topological polar surface area (TPSA) is 70.7 Å². The molecule has 1 N–H and O–H groups in total. The van der Waals surface area contributed by atoms with E-state index in [1.807, 2.05) is 18.5 Å². The number of nitrogens with zero attached hydrogens (tertiary/aromatic N) is 3. The standard InChI is InChI=1S/C16H24N4O/c1-12-15(13(2)20(19-12)11-5-10-17)8-9-16(21)18-14-6-3-4-7-14/h14H,3-9,11H2,1-2H3,(H,18,21). The van der Waals surface area contributed by atoms with Crippen LogP contribution in [0, 0.1) is 25.2 Å². The zero-order chi connectivity index (χ0) is 15.2. The molecule has 0 aliphatic heterocycles. The van der Waals surface area contributed by atoms with Crippen molar-refractivity contribution in [1.29, 1.82) is 5.26 Å². The van der Waals surface area contributed by atoms with Gasteiger partial charge in [-0.05, 0) is 38.7 Å². The normalized spacial score (nSPS) is 15.1. The monoisotopic (exact) mass is 288 g/mol. The SMILES string of the molecule is Cc1nn(CCC#N)c(C)c1CCC(=O)NC1CCCC1. The van der Waals surface area contributed by atoms with Crippen LogP contribution in [0.4, 0.5) is 0 Å². The van der Waals surface area contributed by atoms with Crippen LogP contribution < -0.4 is 5.32 Å². The van der Waals surface area contributed by atoms with Crippen molar-refractivity contribution in [2.24, 2.45) is 0 Å². The average Bonchev–Trinajstić information content (AvgIpc) is 3.04. The molecule has 5 nitrogen and oxygen atoms in total. The lowest BCUT2D eigenvalue weighted by molar-refractivity contribution is -0.121. The summed E-state index contributed by atoms with van der Waals surface area (Å²) in [4.78, 5) is 12.0. The maximum Gasteiger partial charge on any atom is 0.220 e. The van der Waals surface area contributed by atoms with Crippen molar-refractivity contribution in [1.82, 2.24) is 15.1 Å².